The Hall–Kier alpha value is -1.16. The van der Waals surface area contributed by atoms with Crippen molar-refractivity contribution in [2.45, 2.75) is 19.4 Å². The minimum Gasteiger partial charge on any atom is -0.369 e. The molecule has 0 saturated carbocycles. The van der Waals surface area contributed by atoms with Crippen LogP contribution in [-0.2, 0) is 16.6 Å². The summed E-state index contributed by atoms with van der Waals surface area (Å²) in [6, 6.07) is 0. The molecule has 0 saturated heterocycles. The molecular formula is C9H14N2O2. The number of hydrogen-bond donors (Lipinski definition) is 0. The summed E-state index contributed by atoms with van der Waals surface area (Å²) in [6.45, 7) is 1.82. The molecular weight excluding hydrogens is 168 g/mol. The summed E-state index contributed by atoms with van der Waals surface area (Å²) in [7, 11) is 3.35. The molecule has 0 aromatic carbocycles. The van der Waals surface area contributed by atoms with Gasteiger partial charge >= 0.3 is 0 Å². The number of ketones is 1. The first-order chi connectivity index (χ1) is 6.19. The van der Waals surface area contributed by atoms with Gasteiger partial charge in [-0.2, -0.15) is 5.10 Å². The number of nitrogens with zero attached hydrogens (tertiary/aromatic N) is 2. The third kappa shape index (κ3) is 2.15. The molecule has 0 spiro atoms. The van der Waals surface area contributed by atoms with Gasteiger partial charge in [-0.05, 0) is 0 Å². The number of carbonyl (C=O) groups excluding carboxylic acids is 1. The Bertz CT molecular complexity index is 294. The Morgan fingerprint density at radius 1 is 1.77 bits per heavy atom. The van der Waals surface area contributed by atoms with Crippen LogP contribution in [0.3, 0.4) is 0 Å². The second-order valence-electron chi connectivity index (χ2n) is 2.88. The highest BCUT2D eigenvalue weighted by molar-refractivity contribution is 5.83. The predicted molar refractivity (Wildman–Crippen MR) is 48.3 cm³/mol. The molecule has 4 heteroatoms. The number of methoxy groups -OCH3 is 1. The molecule has 0 aliphatic carbocycles. The number of carbonyl (C=O) groups is 1. The first kappa shape index (κ1) is 9.92. The van der Waals surface area contributed by atoms with Crippen LogP contribution in [-0.4, -0.2) is 22.7 Å². The molecule has 1 rings (SSSR count). The van der Waals surface area contributed by atoms with E-state index in [0.717, 1.165) is 5.56 Å². The largest absolute Gasteiger partial charge is 0.369 e. The van der Waals surface area contributed by atoms with Gasteiger partial charge < -0.3 is 4.74 Å². The van der Waals surface area contributed by atoms with E-state index < -0.39 is 6.10 Å². The minimum atomic E-state index is -0.460. The van der Waals surface area contributed by atoms with Gasteiger partial charge in [0.05, 0.1) is 6.20 Å². The van der Waals surface area contributed by atoms with Crippen molar-refractivity contribution < 1.29 is 9.53 Å². The molecule has 4 nitrogen and oxygen atoms in total. The van der Waals surface area contributed by atoms with E-state index in [-0.39, 0.29) is 5.78 Å². The first-order valence-electron chi connectivity index (χ1n) is 4.23. The Labute approximate surface area is 77.5 Å². The van der Waals surface area contributed by atoms with Crippen LogP contribution >= 0.6 is 0 Å². The fourth-order valence-corrected chi connectivity index (χ4v) is 1.21. The van der Waals surface area contributed by atoms with E-state index in [9.17, 15) is 4.79 Å². The Balaban J connectivity index is 2.84. The predicted octanol–water partition coefficient (Wildman–Crippen LogP) is 1.09. The summed E-state index contributed by atoms with van der Waals surface area (Å²) in [4.78, 5) is 11.4. The van der Waals surface area contributed by atoms with E-state index in [2.05, 4.69) is 5.10 Å². The lowest BCUT2D eigenvalue weighted by Crippen LogP contribution is -2.12. The molecule has 0 N–H and O–H groups in total. The van der Waals surface area contributed by atoms with Crippen molar-refractivity contribution in [3.05, 3.63) is 18.0 Å². The molecule has 0 aliphatic rings. The highest BCUT2D eigenvalue weighted by Crippen LogP contribution is 2.17. The normalized spacial score (nSPS) is 12.8. The number of aryl methyl sites for hydroxylation is 1. The maximum atomic E-state index is 11.4. The van der Waals surface area contributed by atoms with Gasteiger partial charge in [-0.1, -0.05) is 6.92 Å². The fraction of sp³-hybridized carbons (Fsp3) is 0.556. The maximum Gasteiger partial charge on any atom is 0.165 e. The van der Waals surface area contributed by atoms with Crippen LogP contribution < -0.4 is 0 Å². The van der Waals surface area contributed by atoms with Crippen molar-refractivity contribution in [2.24, 2.45) is 7.05 Å². The van der Waals surface area contributed by atoms with Gasteiger partial charge in [0, 0.05) is 32.3 Å². The molecule has 0 bridgehead atoms. The van der Waals surface area contributed by atoms with Crippen LogP contribution in [0.15, 0.2) is 12.4 Å². The van der Waals surface area contributed by atoms with Gasteiger partial charge in [0.25, 0.3) is 0 Å². The van der Waals surface area contributed by atoms with Gasteiger partial charge in [-0.3, -0.25) is 9.48 Å². The Morgan fingerprint density at radius 2 is 2.46 bits per heavy atom. The van der Waals surface area contributed by atoms with Gasteiger partial charge in [0.2, 0.25) is 0 Å². The fourth-order valence-electron chi connectivity index (χ4n) is 1.21. The quantitative estimate of drug-likeness (QED) is 0.700. The lowest BCUT2D eigenvalue weighted by Gasteiger charge is -2.10. The highest BCUT2D eigenvalue weighted by Gasteiger charge is 2.19. The molecule has 1 atom stereocenters. The van der Waals surface area contributed by atoms with Crippen LogP contribution in [0.5, 0.6) is 0 Å². The summed E-state index contributed by atoms with van der Waals surface area (Å²) in [5, 5.41) is 3.99. The molecule has 0 radical (unpaired) electrons. The summed E-state index contributed by atoms with van der Waals surface area (Å²) in [5.74, 6) is 0.0792. The molecule has 1 aromatic heterocycles. The minimum absolute atomic E-state index is 0.0792. The summed E-state index contributed by atoms with van der Waals surface area (Å²) < 4.78 is 6.76. The number of rotatable bonds is 4. The van der Waals surface area contributed by atoms with E-state index in [1.165, 1.54) is 7.11 Å². The second kappa shape index (κ2) is 4.18. The Morgan fingerprint density at radius 3 is 2.85 bits per heavy atom. The summed E-state index contributed by atoms with van der Waals surface area (Å²) >= 11 is 0. The van der Waals surface area contributed by atoms with Crippen molar-refractivity contribution in [2.75, 3.05) is 7.11 Å². The summed E-state index contributed by atoms with van der Waals surface area (Å²) in [6.07, 6.45) is 3.47. The van der Waals surface area contributed by atoms with Crippen molar-refractivity contribution in [1.82, 2.24) is 9.78 Å². The van der Waals surface area contributed by atoms with Crippen molar-refractivity contribution in [3.63, 3.8) is 0 Å². The van der Waals surface area contributed by atoms with Gasteiger partial charge in [-0.25, -0.2) is 0 Å². The smallest absolute Gasteiger partial charge is 0.165 e. The molecule has 1 heterocycles. The van der Waals surface area contributed by atoms with E-state index in [1.54, 1.807) is 17.1 Å². The molecule has 1 aromatic rings. The van der Waals surface area contributed by atoms with Gasteiger partial charge in [0.1, 0.15) is 6.10 Å². The van der Waals surface area contributed by atoms with Crippen molar-refractivity contribution >= 4 is 5.78 Å². The molecule has 0 amide bonds. The van der Waals surface area contributed by atoms with Gasteiger partial charge in [-0.15, -0.1) is 0 Å². The van der Waals surface area contributed by atoms with Crippen LogP contribution in [0.1, 0.15) is 25.0 Å². The second-order valence-corrected chi connectivity index (χ2v) is 2.88. The van der Waals surface area contributed by atoms with Crippen LogP contribution in [0.2, 0.25) is 0 Å². The van der Waals surface area contributed by atoms with Crippen molar-refractivity contribution in [3.8, 4) is 0 Å². The average Bonchev–Trinajstić information content (AvgIpc) is 2.53. The van der Waals surface area contributed by atoms with E-state index in [1.807, 2.05) is 14.0 Å². The zero-order valence-corrected chi connectivity index (χ0v) is 8.15. The maximum absolute atomic E-state index is 11.4. The molecule has 13 heavy (non-hydrogen) atoms. The number of hydrogen-bond acceptors (Lipinski definition) is 3. The lowest BCUT2D eigenvalue weighted by atomic mass is 10.1. The topological polar surface area (TPSA) is 44.1 Å². The number of Topliss-reactive ketones (excluding diaryl/α,β-unsaturated/α-hetero) is 1. The molecule has 72 valence electrons. The average molecular weight is 182 g/mol. The zero-order valence-electron chi connectivity index (χ0n) is 8.15. The SMILES string of the molecule is CCC(=O)C(OC)c1cnn(C)c1. The van der Waals surface area contributed by atoms with Crippen LogP contribution in [0.4, 0.5) is 0 Å². The molecule has 0 aliphatic heterocycles. The van der Waals surface area contributed by atoms with Crippen LogP contribution in [0.25, 0.3) is 0 Å². The number of aromatic nitrogens is 2. The highest BCUT2D eigenvalue weighted by atomic mass is 16.5. The van der Waals surface area contributed by atoms with Gasteiger partial charge in [0.15, 0.2) is 5.78 Å². The number of ether oxygens (including phenoxy) is 1. The third-order valence-electron chi connectivity index (χ3n) is 1.90. The van der Waals surface area contributed by atoms with E-state index in [4.69, 9.17) is 4.74 Å². The monoisotopic (exact) mass is 182 g/mol. The first-order valence-corrected chi connectivity index (χ1v) is 4.23. The van der Waals surface area contributed by atoms with Crippen molar-refractivity contribution in [1.29, 1.82) is 0 Å². The lowest BCUT2D eigenvalue weighted by molar-refractivity contribution is -0.128. The third-order valence-corrected chi connectivity index (χ3v) is 1.90. The molecule has 1 unspecified atom stereocenters. The van der Waals surface area contributed by atoms with Crippen LogP contribution in [0, 0.1) is 0 Å². The summed E-state index contributed by atoms with van der Waals surface area (Å²) in [5.41, 5.74) is 0.817. The van der Waals surface area contributed by atoms with E-state index >= 15 is 0 Å². The Kier molecular flexibility index (Phi) is 3.19. The standard InChI is InChI=1S/C9H14N2O2/c1-4-8(12)9(13-3)7-5-10-11(2)6-7/h5-6,9H,4H2,1-3H3. The zero-order chi connectivity index (χ0) is 9.84. The van der Waals surface area contributed by atoms with E-state index in [0.29, 0.717) is 6.42 Å². The molecule has 0 fully saturated rings.